The summed E-state index contributed by atoms with van der Waals surface area (Å²) in [5.74, 6) is 0.598. The molecule has 2 unspecified atom stereocenters. The van der Waals surface area contributed by atoms with E-state index in [1.807, 2.05) is 45.0 Å². The maximum atomic E-state index is 13.3. The van der Waals surface area contributed by atoms with Crippen molar-refractivity contribution in [1.82, 2.24) is 10.2 Å². The normalized spacial score (nSPS) is 16.9. The van der Waals surface area contributed by atoms with Crippen molar-refractivity contribution >= 4 is 51.1 Å². The minimum Gasteiger partial charge on any atom is -0.493 e. The van der Waals surface area contributed by atoms with Crippen LogP contribution >= 0.6 is 39.1 Å². The van der Waals surface area contributed by atoms with E-state index in [-0.39, 0.29) is 24.6 Å². The van der Waals surface area contributed by atoms with Crippen LogP contribution < -0.4 is 14.8 Å². The quantitative estimate of drug-likeness (QED) is 0.282. The molecule has 0 spiro atoms. The predicted molar refractivity (Wildman–Crippen MR) is 159 cm³/mol. The monoisotopic (exact) mass is 648 g/mol. The smallest absolute Gasteiger partial charge is 0.410 e. The van der Waals surface area contributed by atoms with Gasteiger partial charge in [-0.3, -0.25) is 9.69 Å². The fourth-order valence-electron chi connectivity index (χ4n) is 4.45. The van der Waals surface area contributed by atoms with Gasteiger partial charge in [0.15, 0.2) is 11.5 Å². The van der Waals surface area contributed by atoms with Gasteiger partial charge in [-0.05, 0) is 75.2 Å². The number of carbonyl (C=O) groups is 2. The molecule has 0 radical (unpaired) electrons. The molecular formula is C30H31BrCl2N2O5. The number of amides is 2. The maximum Gasteiger partial charge on any atom is 0.410 e. The molecular weight excluding hydrogens is 619 g/mol. The van der Waals surface area contributed by atoms with Crippen molar-refractivity contribution in [1.29, 1.82) is 0 Å². The average molecular weight is 650 g/mol. The largest absolute Gasteiger partial charge is 0.493 e. The number of nitrogens with zero attached hydrogens (tertiary/aromatic N) is 1. The Bertz CT molecular complexity index is 1380. The van der Waals surface area contributed by atoms with E-state index >= 15 is 0 Å². The molecule has 4 rings (SSSR count). The highest BCUT2D eigenvalue weighted by molar-refractivity contribution is 9.10. The molecule has 2 atom stereocenters. The van der Waals surface area contributed by atoms with Gasteiger partial charge < -0.3 is 19.5 Å². The molecule has 3 aromatic rings. The number of benzene rings is 3. The van der Waals surface area contributed by atoms with Gasteiger partial charge in [0, 0.05) is 38.2 Å². The van der Waals surface area contributed by atoms with Gasteiger partial charge in [0.25, 0.3) is 5.91 Å². The van der Waals surface area contributed by atoms with E-state index in [0.29, 0.717) is 40.1 Å². The molecule has 7 nitrogen and oxygen atoms in total. The van der Waals surface area contributed by atoms with Gasteiger partial charge in [-0.1, -0.05) is 57.3 Å². The predicted octanol–water partition coefficient (Wildman–Crippen LogP) is 7.82. The minimum absolute atomic E-state index is 0.206. The van der Waals surface area contributed by atoms with Crippen LogP contribution in [0.1, 0.15) is 54.7 Å². The van der Waals surface area contributed by atoms with Gasteiger partial charge in [-0.15, -0.1) is 0 Å². The summed E-state index contributed by atoms with van der Waals surface area (Å²) in [5, 5.41) is 4.12. The van der Waals surface area contributed by atoms with E-state index in [9.17, 15) is 9.59 Å². The first kappa shape index (κ1) is 30.0. The molecule has 3 aromatic carbocycles. The Hall–Kier alpha value is -2.94. The van der Waals surface area contributed by atoms with Crippen LogP contribution in [0.3, 0.4) is 0 Å². The lowest BCUT2D eigenvalue weighted by Crippen LogP contribution is -2.40. The molecule has 10 heteroatoms. The minimum atomic E-state index is -0.637. The number of ether oxygens (including phenoxy) is 3. The Morgan fingerprint density at radius 3 is 2.40 bits per heavy atom. The van der Waals surface area contributed by atoms with Crippen LogP contribution in [0.15, 0.2) is 65.1 Å². The van der Waals surface area contributed by atoms with Crippen LogP contribution in [-0.4, -0.2) is 42.2 Å². The lowest BCUT2D eigenvalue weighted by Gasteiger charge is -2.28. The molecule has 0 bridgehead atoms. The summed E-state index contributed by atoms with van der Waals surface area (Å²) in [7, 11) is 1.51. The number of halogens is 3. The third kappa shape index (κ3) is 7.62. The number of methoxy groups -OCH3 is 1. The number of hydrogen-bond acceptors (Lipinski definition) is 5. The lowest BCUT2D eigenvalue weighted by molar-refractivity contribution is 0.0220. The number of hydrogen-bond donors (Lipinski definition) is 1. The van der Waals surface area contributed by atoms with Gasteiger partial charge in [0.2, 0.25) is 0 Å². The van der Waals surface area contributed by atoms with Gasteiger partial charge in [-0.2, -0.15) is 0 Å². The summed E-state index contributed by atoms with van der Waals surface area (Å²) >= 11 is 15.7. The zero-order valence-electron chi connectivity index (χ0n) is 22.7. The topological polar surface area (TPSA) is 77.1 Å². The molecule has 1 aliphatic rings. The Kier molecular flexibility index (Phi) is 9.54. The molecule has 1 aliphatic heterocycles. The number of likely N-dealkylation sites (tertiary alicyclic amines) is 1. The van der Waals surface area contributed by atoms with E-state index in [1.54, 1.807) is 41.3 Å². The summed E-state index contributed by atoms with van der Waals surface area (Å²) < 4.78 is 18.0. The highest BCUT2D eigenvalue weighted by atomic mass is 79.9. The molecule has 1 fully saturated rings. The van der Waals surface area contributed by atoms with Crippen LogP contribution in [0.2, 0.25) is 10.0 Å². The molecule has 0 aromatic heterocycles. The highest BCUT2D eigenvalue weighted by Gasteiger charge is 2.39. The van der Waals surface area contributed by atoms with Crippen LogP contribution in [-0.2, 0) is 11.3 Å². The van der Waals surface area contributed by atoms with Gasteiger partial charge in [0.1, 0.15) is 12.2 Å². The summed E-state index contributed by atoms with van der Waals surface area (Å²) in [6.07, 6.45) is 0.133. The van der Waals surface area contributed by atoms with E-state index < -0.39 is 11.7 Å². The first-order valence-corrected chi connectivity index (χ1v) is 14.3. The van der Waals surface area contributed by atoms with Crippen LogP contribution in [0.25, 0.3) is 0 Å². The van der Waals surface area contributed by atoms with Gasteiger partial charge in [0.05, 0.1) is 13.2 Å². The summed E-state index contributed by atoms with van der Waals surface area (Å²) in [6.45, 7) is 6.03. The van der Waals surface area contributed by atoms with Crippen molar-refractivity contribution < 1.29 is 23.8 Å². The van der Waals surface area contributed by atoms with Crippen LogP contribution in [0, 0.1) is 0 Å². The molecule has 2 amide bonds. The van der Waals surface area contributed by atoms with E-state index in [2.05, 4.69) is 21.2 Å². The number of rotatable bonds is 7. The fraction of sp³-hybridized carbons (Fsp3) is 0.333. The molecule has 0 aliphatic carbocycles. The van der Waals surface area contributed by atoms with Crippen molar-refractivity contribution in [2.75, 3.05) is 13.7 Å². The highest BCUT2D eigenvalue weighted by Crippen LogP contribution is 2.35. The molecule has 1 saturated heterocycles. The Labute approximate surface area is 252 Å². The first-order chi connectivity index (χ1) is 18.9. The van der Waals surface area contributed by atoms with E-state index in [0.717, 1.165) is 15.6 Å². The standard InChI is InChI=1S/C30H31BrCl2N2O5/c1-30(2,3)40-29(37)35-16-23(15-25(35)18-5-9-21(31)10-6-18)34-28(36)19-8-12-26(27(13-19)38-4)39-17-20-7-11-22(32)14-24(20)33/h5-14,23,25H,15-17H2,1-4H3,(H,34,36). The Balaban J connectivity index is 1.46. The van der Waals surface area contributed by atoms with Crippen molar-refractivity contribution in [3.63, 3.8) is 0 Å². The molecule has 40 heavy (non-hydrogen) atoms. The average Bonchev–Trinajstić information content (AvgIpc) is 3.31. The van der Waals surface area contributed by atoms with Crippen molar-refractivity contribution in [2.24, 2.45) is 0 Å². The molecule has 0 saturated carbocycles. The Morgan fingerprint density at radius 2 is 1.75 bits per heavy atom. The van der Waals surface area contributed by atoms with Gasteiger partial charge >= 0.3 is 6.09 Å². The second kappa shape index (κ2) is 12.7. The van der Waals surface area contributed by atoms with Gasteiger partial charge in [-0.25, -0.2) is 4.79 Å². The third-order valence-corrected chi connectivity index (χ3v) is 7.46. The number of carbonyl (C=O) groups excluding carboxylic acids is 2. The SMILES string of the molecule is COc1cc(C(=O)NC2CC(c3ccc(Br)cc3)N(C(=O)OC(C)(C)C)C2)ccc1OCc1ccc(Cl)cc1Cl. The third-order valence-electron chi connectivity index (χ3n) is 6.34. The second-order valence-electron chi connectivity index (χ2n) is 10.5. The zero-order chi connectivity index (χ0) is 29.0. The summed E-state index contributed by atoms with van der Waals surface area (Å²) in [4.78, 5) is 28.0. The van der Waals surface area contributed by atoms with E-state index in [4.69, 9.17) is 37.4 Å². The molecule has 1 N–H and O–H groups in total. The van der Waals surface area contributed by atoms with E-state index in [1.165, 1.54) is 7.11 Å². The summed E-state index contributed by atoms with van der Waals surface area (Å²) in [5.41, 5.74) is 1.51. The molecule has 212 valence electrons. The second-order valence-corrected chi connectivity index (χ2v) is 12.3. The van der Waals surface area contributed by atoms with Crippen molar-refractivity contribution in [2.45, 2.75) is 51.5 Å². The number of nitrogens with one attached hydrogen (secondary N) is 1. The van der Waals surface area contributed by atoms with Crippen LogP contribution in [0.5, 0.6) is 11.5 Å². The Morgan fingerprint density at radius 1 is 1.02 bits per heavy atom. The molecule has 1 heterocycles. The maximum absolute atomic E-state index is 13.3. The van der Waals surface area contributed by atoms with Crippen molar-refractivity contribution in [3.8, 4) is 11.5 Å². The fourth-order valence-corrected chi connectivity index (χ4v) is 5.18. The zero-order valence-corrected chi connectivity index (χ0v) is 25.8. The van der Waals surface area contributed by atoms with Crippen LogP contribution in [0.4, 0.5) is 4.79 Å². The first-order valence-electron chi connectivity index (χ1n) is 12.7. The summed E-state index contributed by atoms with van der Waals surface area (Å²) in [6, 6.07) is 17.5. The lowest BCUT2D eigenvalue weighted by atomic mass is 10.0. The van der Waals surface area contributed by atoms with Crippen molar-refractivity contribution in [3.05, 3.63) is 91.9 Å².